The molecule has 1 aromatic heterocycles. The van der Waals surface area contributed by atoms with Crippen LogP contribution < -0.4 is 10.3 Å². The van der Waals surface area contributed by atoms with Gasteiger partial charge in [0, 0.05) is 38.4 Å². The zero-order chi connectivity index (χ0) is 19.7. The fourth-order valence-electron chi connectivity index (χ4n) is 4.44. The number of pyridine rings is 1. The predicted molar refractivity (Wildman–Crippen MR) is 107 cm³/mol. The van der Waals surface area contributed by atoms with Crippen molar-refractivity contribution in [3.8, 4) is 0 Å². The summed E-state index contributed by atoms with van der Waals surface area (Å²) in [5, 5.41) is 9.09. The first-order valence-corrected chi connectivity index (χ1v) is 9.28. The molecule has 0 radical (unpaired) electrons. The first-order chi connectivity index (χ1) is 13.3. The van der Waals surface area contributed by atoms with Crippen molar-refractivity contribution in [2.75, 3.05) is 38.1 Å². The number of likely N-dealkylation sites (N-methyl/N-ethyl adjacent to an activating group) is 1. The Bertz CT molecular complexity index is 1120. The molecule has 5 rings (SSSR count). The van der Waals surface area contributed by atoms with Crippen molar-refractivity contribution in [2.45, 2.75) is 18.9 Å². The summed E-state index contributed by atoms with van der Waals surface area (Å²) in [5.74, 6) is -3.01. The fraction of sp³-hybridized carbons (Fsp3) is 0.400. The molecule has 1 aromatic carbocycles. The molecule has 2 aromatic rings. The lowest BCUT2D eigenvalue weighted by molar-refractivity contribution is 0.0695. The lowest BCUT2D eigenvalue weighted by atomic mass is 10.1. The van der Waals surface area contributed by atoms with Crippen LogP contribution in [0.2, 0.25) is 0 Å². The number of hydrogen-bond acceptors (Lipinski definition) is 4. The lowest BCUT2D eigenvalue weighted by Gasteiger charge is -2.24. The van der Waals surface area contributed by atoms with Crippen LogP contribution in [0.25, 0.3) is 10.9 Å². The van der Waals surface area contributed by atoms with Crippen molar-refractivity contribution >= 4 is 35.0 Å². The molecule has 1 fully saturated rings. The van der Waals surface area contributed by atoms with Crippen LogP contribution in [0.15, 0.2) is 28.2 Å². The maximum atomic E-state index is 15.6. The molecule has 1 saturated carbocycles. The van der Waals surface area contributed by atoms with Gasteiger partial charge in [0.25, 0.3) is 0 Å². The maximum absolute atomic E-state index is 15.6. The number of carbonyl (C=O) groups is 1. The summed E-state index contributed by atoms with van der Waals surface area (Å²) in [6, 6.07) is 0.932. The number of nitrogens with zero attached hydrogens (tertiary/aromatic N) is 3. The van der Waals surface area contributed by atoms with Gasteiger partial charge in [-0.2, -0.15) is 0 Å². The van der Waals surface area contributed by atoms with Crippen molar-refractivity contribution in [3.63, 3.8) is 0 Å². The van der Waals surface area contributed by atoms with Gasteiger partial charge in [0.05, 0.1) is 10.9 Å². The highest BCUT2D eigenvalue weighted by Gasteiger charge is 2.34. The first kappa shape index (κ1) is 19.8. The van der Waals surface area contributed by atoms with E-state index in [-0.39, 0.29) is 35.0 Å². The SMILES string of the molecule is CN1CC2=C(C1)CN(c1c(F)cc3c(=O)c(C(=O)O)cn(C4CC4)c3c1F)C2.Cl. The predicted octanol–water partition coefficient (Wildman–Crippen LogP) is 2.80. The van der Waals surface area contributed by atoms with Gasteiger partial charge in [0.15, 0.2) is 5.82 Å². The van der Waals surface area contributed by atoms with Crippen LogP contribution in [0.3, 0.4) is 0 Å². The van der Waals surface area contributed by atoms with Crippen LogP contribution in [0.5, 0.6) is 0 Å². The van der Waals surface area contributed by atoms with E-state index < -0.39 is 28.6 Å². The number of hydrogen-bond donors (Lipinski definition) is 1. The zero-order valence-electron chi connectivity index (χ0n) is 15.7. The molecule has 9 heteroatoms. The second kappa shape index (κ2) is 6.81. The van der Waals surface area contributed by atoms with E-state index in [0.29, 0.717) is 13.1 Å². The van der Waals surface area contributed by atoms with Crippen LogP contribution in [0.1, 0.15) is 29.2 Å². The number of rotatable bonds is 3. The zero-order valence-corrected chi connectivity index (χ0v) is 16.6. The van der Waals surface area contributed by atoms with Gasteiger partial charge in [-0.1, -0.05) is 0 Å². The van der Waals surface area contributed by atoms with E-state index in [2.05, 4.69) is 4.90 Å². The largest absolute Gasteiger partial charge is 0.477 e. The highest BCUT2D eigenvalue weighted by atomic mass is 35.5. The maximum Gasteiger partial charge on any atom is 0.341 e. The van der Waals surface area contributed by atoms with E-state index in [4.69, 9.17) is 0 Å². The average molecular weight is 424 g/mol. The third kappa shape index (κ3) is 3.02. The van der Waals surface area contributed by atoms with Crippen molar-refractivity contribution in [3.05, 3.63) is 50.8 Å². The van der Waals surface area contributed by atoms with Gasteiger partial charge >= 0.3 is 5.97 Å². The first-order valence-electron chi connectivity index (χ1n) is 9.28. The molecule has 0 saturated heterocycles. The topological polar surface area (TPSA) is 65.8 Å². The number of benzene rings is 1. The molecular weight excluding hydrogens is 404 g/mol. The standard InChI is InChI=1S/C20H19F2N3O3.ClH/c1-23-5-10-7-24(8-11(10)6-23)18-15(21)4-13-17(16(18)22)25(12-2-3-12)9-14(19(13)26)20(27)28;/h4,9,12H,2-3,5-8H2,1H3,(H,27,28);1H. The Morgan fingerprint density at radius 1 is 1.14 bits per heavy atom. The van der Waals surface area contributed by atoms with E-state index >= 15 is 4.39 Å². The quantitative estimate of drug-likeness (QED) is 0.769. The Kier molecular flexibility index (Phi) is 4.66. The van der Waals surface area contributed by atoms with E-state index in [1.165, 1.54) is 21.9 Å². The van der Waals surface area contributed by atoms with Crippen LogP contribution in [0, 0.1) is 11.6 Å². The Labute approximate surface area is 171 Å². The summed E-state index contributed by atoms with van der Waals surface area (Å²) in [7, 11) is 2.01. The molecule has 3 aliphatic rings. The molecule has 29 heavy (non-hydrogen) atoms. The number of fused-ring (bicyclic) bond motifs is 1. The molecule has 2 aliphatic heterocycles. The van der Waals surface area contributed by atoms with Gasteiger partial charge in [-0.25, -0.2) is 13.6 Å². The van der Waals surface area contributed by atoms with Crippen molar-refractivity contribution < 1.29 is 18.7 Å². The summed E-state index contributed by atoms with van der Waals surface area (Å²) >= 11 is 0. The van der Waals surface area contributed by atoms with Gasteiger partial charge in [-0.05, 0) is 37.1 Å². The molecule has 1 N–H and O–H groups in total. The Hall–Kier alpha value is -2.45. The minimum absolute atomic E-state index is 0. The van der Waals surface area contributed by atoms with Gasteiger partial charge in [-0.15, -0.1) is 12.4 Å². The number of aromatic nitrogens is 1. The monoisotopic (exact) mass is 423 g/mol. The summed E-state index contributed by atoms with van der Waals surface area (Å²) in [4.78, 5) is 27.8. The van der Waals surface area contributed by atoms with Crippen molar-refractivity contribution in [1.29, 1.82) is 0 Å². The molecule has 6 nitrogen and oxygen atoms in total. The summed E-state index contributed by atoms with van der Waals surface area (Å²) in [5.41, 5.74) is 0.909. The van der Waals surface area contributed by atoms with E-state index in [0.717, 1.165) is 32.0 Å². The third-order valence-corrected chi connectivity index (χ3v) is 5.86. The molecule has 0 bridgehead atoms. The Balaban J connectivity index is 0.00000205. The van der Waals surface area contributed by atoms with Crippen LogP contribution in [-0.4, -0.2) is 53.8 Å². The minimum Gasteiger partial charge on any atom is -0.477 e. The second-order valence-corrected chi connectivity index (χ2v) is 7.97. The average Bonchev–Trinajstić information content (AvgIpc) is 3.30. The smallest absolute Gasteiger partial charge is 0.341 e. The molecule has 1 aliphatic carbocycles. The van der Waals surface area contributed by atoms with Gasteiger partial charge < -0.3 is 14.6 Å². The molecule has 154 valence electrons. The number of carboxylic acids is 1. The van der Waals surface area contributed by atoms with Crippen LogP contribution in [0.4, 0.5) is 14.5 Å². The van der Waals surface area contributed by atoms with E-state index in [1.54, 1.807) is 4.90 Å². The normalized spacial score (nSPS) is 19.1. The summed E-state index contributed by atoms with van der Waals surface area (Å²) in [6.07, 6.45) is 2.75. The molecule has 0 spiro atoms. The van der Waals surface area contributed by atoms with Crippen molar-refractivity contribution in [1.82, 2.24) is 9.47 Å². The molecule has 0 unspecified atom stereocenters. The number of carboxylic acid groups (broad SMARTS) is 1. The fourth-order valence-corrected chi connectivity index (χ4v) is 4.44. The number of halogens is 3. The summed E-state index contributed by atoms with van der Waals surface area (Å²) in [6.45, 7) is 2.49. The van der Waals surface area contributed by atoms with Crippen molar-refractivity contribution in [2.24, 2.45) is 0 Å². The highest BCUT2D eigenvalue weighted by molar-refractivity contribution is 5.94. The molecule has 3 heterocycles. The molecule has 0 amide bonds. The van der Waals surface area contributed by atoms with Crippen LogP contribution in [-0.2, 0) is 0 Å². The molecule has 0 atom stereocenters. The molecular formula is C20H20ClF2N3O3. The Morgan fingerprint density at radius 2 is 1.76 bits per heavy atom. The van der Waals surface area contributed by atoms with Gasteiger partial charge in [0.2, 0.25) is 5.43 Å². The number of aromatic carboxylic acids is 1. The second-order valence-electron chi connectivity index (χ2n) is 7.97. The highest BCUT2D eigenvalue weighted by Crippen LogP contribution is 2.40. The van der Waals surface area contributed by atoms with E-state index in [9.17, 15) is 19.1 Å². The minimum atomic E-state index is -1.39. The Morgan fingerprint density at radius 3 is 2.31 bits per heavy atom. The van der Waals surface area contributed by atoms with E-state index in [1.807, 2.05) is 7.05 Å². The summed E-state index contributed by atoms with van der Waals surface area (Å²) < 4.78 is 32.0. The van der Waals surface area contributed by atoms with Crippen LogP contribution >= 0.6 is 12.4 Å². The van der Waals surface area contributed by atoms with Gasteiger partial charge in [0.1, 0.15) is 17.1 Å². The lowest BCUT2D eigenvalue weighted by Crippen LogP contribution is -2.29. The number of anilines is 1. The third-order valence-electron chi connectivity index (χ3n) is 5.86. The van der Waals surface area contributed by atoms with Gasteiger partial charge in [-0.3, -0.25) is 9.69 Å².